The summed E-state index contributed by atoms with van der Waals surface area (Å²) in [6, 6.07) is 1.72. The van der Waals surface area contributed by atoms with Crippen LogP contribution in [0.15, 0.2) is 29.3 Å². The third kappa shape index (κ3) is 13.0. The van der Waals surface area contributed by atoms with Crippen molar-refractivity contribution in [2.45, 2.75) is 63.7 Å². The normalized spacial score (nSPS) is 14.3. The van der Waals surface area contributed by atoms with Crippen LogP contribution in [-0.2, 0) is 30.4 Å². The zero-order valence-corrected chi connectivity index (χ0v) is 24.8. The van der Waals surface area contributed by atoms with Crippen molar-refractivity contribution < 1.29 is 34.2 Å². The molecule has 16 heteroatoms. The van der Waals surface area contributed by atoms with Crippen LogP contribution in [0.4, 0.5) is 0 Å². The summed E-state index contributed by atoms with van der Waals surface area (Å²) >= 11 is 0. The molecule has 16 nitrogen and oxygen atoms in total. The number of aliphatic hydroxyl groups is 1. The molecule has 5 amide bonds. The number of aromatic hydroxyl groups is 1. The van der Waals surface area contributed by atoms with Gasteiger partial charge in [0.05, 0.1) is 19.2 Å². The van der Waals surface area contributed by atoms with Gasteiger partial charge in [-0.05, 0) is 42.9 Å². The van der Waals surface area contributed by atoms with Crippen molar-refractivity contribution in [2.24, 2.45) is 33.8 Å². The van der Waals surface area contributed by atoms with Crippen molar-refractivity contribution in [1.29, 1.82) is 0 Å². The molecule has 240 valence electrons. The third-order valence-electron chi connectivity index (χ3n) is 6.70. The van der Waals surface area contributed by atoms with Gasteiger partial charge in [-0.2, -0.15) is 0 Å². The Labute approximate surface area is 250 Å². The molecule has 1 aromatic rings. The van der Waals surface area contributed by atoms with Crippen molar-refractivity contribution >= 4 is 35.5 Å². The van der Waals surface area contributed by atoms with Crippen LogP contribution in [0, 0.1) is 5.92 Å². The van der Waals surface area contributed by atoms with Crippen LogP contribution < -0.4 is 38.9 Å². The van der Waals surface area contributed by atoms with E-state index in [0.29, 0.717) is 12.8 Å². The maximum absolute atomic E-state index is 13.3. The van der Waals surface area contributed by atoms with Gasteiger partial charge in [-0.1, -0.05) is 32.4 Å². The maximum atomic E-state index is 13.3. The van der Waals surface area contributed by atoms with Gasteiger partial charge in [-0.3, -0.25) is 29.0 Å². The minimum Gasteiger partial charge on any atom is -0.508 e. The van der Waals surface area contributed by atoms with Crippen LogP contribution >= 0.6 is 0 Å². The Kier molecular flexibility index (Phi) is 15.5. The lowest BCUT2D eigenvalue weighted by Crippen LogP contribution is -2.57. The van der Waals surface area contributed by atoms with Crippen molar-refractivity contribution in [1.82, 2.24) is 20.9 Å². The first kappa shape index (κ1) is 36.6. The molecule has 0 fully saturated rings. The van der Waals surface area contributed by atoms with E-state index >= 15 is 0 Å². The number of phenolic OH excluding ortho intramolecular Hbond substituents is 1. The molecule has 0 aliphatic rings. The minimum absolute atomic E-state index is 0.0769. The highest BCUT2D eigenvalue weighted by Gasteiger charge is 2.32. The Morgan fingerprint density at radius 2 is 1.60 bits per heavy atom. The number of primary amides is 1. The predicted molar refractivity (Wildman–Crippen MR) is 159 cm³/mol. The Hall–Kier alpha value is -4.44. The van der Waals surface area contributed by atoms with Crippen LogP contribution in [0.2, 0.25) is 0 Å². The number of guanidine groups is 1. The molecule has 0 spiro atoms. The SMILES string of the molecule is CC[C@H](C)[C@H](NC(=O)[C@@H](N)Cc1ccc(O)cc1)C(=O)N(C)CC(=O)N[C@@H](CO)C(=O)N[C@@H](CCCN=C(N)N)C(N)=O. The molecule has 0 aliphatic carbocycles. The number of carbonyl (C=O) groups excluding carboxylic acids is 5. The molecule has 0 radical (unpaired) electrons. The van der Waals surface area contributed by atoms with E-state index in [4.69, 9.17) is 22.9 Å². The second kappa shape index (κ2) is 18.2. The molecule has 43 heavy (non-hydrogen) atoms. The first-order valence-corrected chi connectivity index (χ1v) is 13.8. The number of nitrogens with two attached hydrogens (primary N) is 4. The summed E-state index contributed by atoms with van der Waals surface area (Å²) in [5.41, 5.74) is 22.6. The summed E-state index contributed by atoms with van der Waals surface area (Å²) in [6.07, 6.45) is 1.14. The molecule has 1 aromatic carbocycles. The van der Waals surface area contributed by atoms with Crippen molar-refractivity contribution in [3.8, 4) is 5.75 Å². The summed E-state index contributed by atoms with van der Waals surface area (Å²) in [5, 5.41) is 26.5. The number of hydrogen-bond acceptors (Lipinski definition) is 9. The first-order chi connectivity index (χ1) is 20.2. The fraction of sp³-hybridized carbons (Fsp3) is 0.556. The van der Waals surface area contributed by atoms with Crippen LogP contribution in [0.25, 0.3) is 0 Å². The number of rotatable bonds is 18. The number of likely N-dealkylation sites (N-methyl/N-ethyl adjacent to an activating group) is 1. The summed E-state index contributed by atoms with van der Waals surface area (Å²) in [4.78, 5) is 68.1. The van der Waals surface area contributed by atoms with Gasteiger partial charge in [0.1, 0.15) is 23.9 Å². The number of hydrogen-bond donors (Lipinski definition) is 9. The lowest BCUT2D eigenvalue weighted by Gasteiger charge is -2.29. The molecular formula is C27H45N9O7. The second-order valence-corrected chi connectivity index (χ2v) is 10.3. The molecule has 1 rings (SSSR count). The summed E-state index contributed by atoms with van der Waals surface area (Å²) in [6.45, 7) is 2.51. The minimum atomic E-state index is -1.43. The number of carbonyl (C=O) groups is 5. The second-order valence-electron chi connectivity index (χ2n) is 10.3. The Morgan fingerprint density at radius 1 is 0.977 bits per heavy atom. The van der Waals surface area contributed by atoms with Gasteiger partial charge < -0.3 is 54.0 Å². The van der Waals surface area contributed by atoms with Gasteiger partial charge in [0.25, 0.3) is 0 Å². The van der Waals surface area contributed by atoms with Gasteiger partial charge >= 0.3 is 0 Å². The number of aliphatic hydroxyl groups excluding tert-OH is 1. The fourth-order valence-corrected chi connectivity index (χ4v) is 3.95. The lowest BCUT2D eigenvalue weighted by molar-refractivity contribution is -0.140. The van der Waals surface area contributed by atoms with Gasteiger partial charge in [0.2, 0.25) is 29.5 Å². The summed E-state index contributed by atoms with van der Waals surface area (Å²) in [5.74, 6) is -3.94. The van der Waals surface area contributed by atoms with Crippen molar-refractivity contribution in [3.63, 3.8) is 0 Å². The molecule has 0 saturated carbocycles. The maximum Gasteiger partial charge on any atom is 0.245 e. The van der Waals surface area contributed by atoms with E-state index in [9.17, 15) is 34.2 Å². The molecule has 0 aromatic heterocycles. The van der Waals surface area contributed by atoms with Crippen LogP contribution in [-0.4, -0.2) is 102 Å². The number of nitrogens with one attached hydrogen (secondary N) is 3. The largest absolute Gasteiger partial charge is 0.508 e. The van der Waals surface area contributed by atoms with E-state index in [2.05, 4.69) is 20.9 Å². The average molecular weight is 608 g/mol. The van der Waals surface area contributed by atoms with Gasteiger partial charge in [0, 0.05) is 13.6 Å². The standard InChI is InChI=1S/C27H45N9O7/c1-4-15(2)22(35-24(41)18(28)12-16-7-9-17(38)10-8-16)26(43)36(3)13-21(39)33-20(14-37)25(42)34-19(23(29)40)6-5-11-32-27(30)31/h7-10,15,18-20,22,37-38H,4-6,11-14,28H2,1-3H3,(H2,29,40)(H,33,39)(H,34,42)(H,35,41)(H4,30,31,32)/t15-,18-,19-,20-,22-/m0/s1. The Balaban J connectivity index is 2.79. The third-order valence-corrected chi connectivity index (χ3v) is 6.70. The first-order valence-electron chi connectivity index (χ1n) is 13.8. The van der Waals surface area contributed by atoms with Gasteiger partial charge in [0.15, 0.2) is 5.96 Å². The van der Waals surface area contributed by atoms with E-state index in [1.165, 1.54) is 19.2 Å². The van der Waals surface area contributed by atoms with Crippen molar-refractivity contribution in [2.75, 3.05) is 26.7 Å². The molecule has 0 heterocycles. The Morgan fingerprint density at radius 3 is 2.14 bits per heavy atom. The molecule has 0 bridgehead atoms. The van der Waals surface area contributed by atoms with Gasteiger partial charge in [-0.15, -0.1) is 0 Å². The number of amides is 5. The van der Waals surface area contributed by atoms with E-state index in [1.807, 2.05) is 6.92 Å². The molecule has 0 aliphatic heterocycles. The number of phenols is 1. The van der Waals surface area contributed by atoms with Crippen LogP contribution in [0.5, 0.6) is 5.75 Å². The summed E-state index contributed by atoms with van der Waals surface area (Å²) < 4.78 is 0. The topological polar surface area (TPSA) is 282 Å². The number of nitrogens with zero attached hydrogens (tertiary/aromatic N) is 2. The smallest absolute Gasteiger partial charge is 0.245 e. The van der Waals surface area contributed by atoms with Crippen molar-refractivity contribution in [3.05, 3.63) is 29.8 Å². The highest BCUT2D eigenvalue weighted by Crippen LogP contribution is 2.13. The van der Waals surface area contributed by atoms with Gasteiger partial charge in [-0.25, -0.2) is 0 Å². The van der Waals surface area contributed by atoms with E-state index in [1.54, 1.807) is 19.1 Å². The Bertz CT molecular complexity index is 1130. The van der Waals surface area contributed by atoms with E-state index in [-0.39, 0.29) is 37.0 Å². The van der Waals surface area contributed by atoms with Crippen LogP contribution in [0.1, 0.15) is 38.7 Å². The lowest BCUT2D eigenvalue weighted by atomic mass is 9.97. The average Bonchev–Trinajstić information content (AvgIpc) is 2.95. The molecule has 13 N–H and O–H groups in total. The molecule has 0 saturated heterocycles. The van der Waals surface area contributed by atoms with E-state index < -0.39 is 66.9 Å². The van der Waals surface area contributed by atoms with E-state index in [0.717, 1.165) is 10.5 Å². The fourth-order valence-electron chi connectivity index (χ4n) is 3.95. The number of aliphatic imine (C=N–C) groups is 1. The highest BCUT2D eigenvalue weighted by atomic mass is 16.3. The molecular weight excluding hydrogens is 562 g/mol. The van der Waals surface area contributed by atoms with Crippen LogP contribution in [0.3, 0.4) is 0 Å². The molecule has 5 atom stereocenters. The zero-order valence-electron chi connectivity index (χ0n) is 24.8. The summed E-state index contributed by atoms with van der Waals surface area (Å²) in [7, 11) is 1.35. The number of benzene rings is 1. The highest BCUT2D eigenvalue weighted by molar-refractivity contribution is 5.94. The molecule has 0 unspecified atom stereocenters. The monoisotopic (exact) mass is 607 g/mol. The quantitative estimate of drug-likeness (QED) is 0.0456. The predicted octanol–water partition coefficient (Wildman–Crippen LogP) is -3.25. The zero-order chi connectivity index (χ0) is 32.7.